The molecule has 0 radical (unpaired) electrons. The predicted molar refractivity (Wildman–Crippen MR) is 83.4 cm³/mol. The molecule has 1 heterocycles. The van der Waals surface area contributed by atoms with E-state index < -0.39 is 6.10 Å². The first-order valence-electron chi connectivity index (χ1n) is 8.03. The molecule has 1 saturated carbocycles. The van der Waals surface area contributed by atoms with Gasteiger partial charge in [0.15, 0.2) is 0 Å². The zero-order valence-corrected chi connectivity index (χ0v) is 13.3. The molecule has 1 aromatic rings. The molecule has 1 atom stereocenters. The quantitative estimate of drug-likeness (QED) is 0.843. The Morgan fingerprint density at radius 1 is 1.43 bits per heavy atom. The van der Waals surface area contributed by atoms with Gasteiger partial charge in [-0.05, 0) is 30.5 Å². The highest BCUT2D eigenvalue weighted by Gasteiger charge is 2.37. The summed E-state index contributed by atoms with van der Waals surface area (Å²) in [5, 5.41) is 13.3. The summed E-state index contributed by atoms with van der Waals surface area (Å²) in [6.45, 7) is 4.19. The van der Waals surface area contributed by atoms with Gasteiger partial charge in [-0.1, -0.05) is 19.1 Å². The molecule has 1 aromatic carbocycles. The maximum absolute atomic E-state index is 13.0. The molecule has 1 unspecified atom stereocenters. The fourth-order valence-electron chi connectivity index (χ4n) is 2.70. The number of urea groups is 1. The lowest BCUT2D eigenvalue weighted by atomic mass is 9.89. The Labute approximate surface area is 135 Å². The molecule has 1 aliphatic carbocycles. The van der Waals surface area contributed by atoms with Gasteiger partial charge in [0, 0.05) is 18.0 Å². The van der Waals surface area contributed by atoms with Crippen LogP contribution in [-0.2, 0) is 4.74 Å². The molecule has 2 N–H and O–H groups in total. The lowest BCUT2D eigenvalue weighted by molar-refractivity contribution is -0.0979. The first kappa shape index (κ1) is 16.2. The van der Waals surface area contributed by atoms with Crippen LogP contribution in [0.1, 0.15) is 31.4 Å². The fraction of sp³-hybridized carbons (Fsp3) is 0.588. The zero-order valence-electron chi connectivity index (χ0n) is 13.3. The van der Waals surface area contributed by atoms with Gasteiger partial charge in [0.25, 0.3) is 0 Å². The second-order valence-corrected chi connectivity index (χ2v) is 6.91. The number of rotatable bonds is 6. The van der Waals surface area contributed by atoms with E-state index in [1.807, 2.05) is 0 Å². The first-order valence-corrected chi connectivity index (χ1v) is 8.03. The number of carbonyl (C=O) groups is 1. The van der Waals surface area contributed by atoms with E-state index in [0.717, 1.165) is 12.8 Å². The number of ether oxygens (including phenoxy) is 1. The van der Waals surface area contributed by atoms with Crippen molar-refractivity contribution in [2.24, 2.45) is 5.41 Å². The minimum absolute atomic E-state index is 0.0143. The van der Waals surface area contributed by atoms with Crippen molar-refractivity contribution in [1.82, 2.24) is 10.2 Å². The second-order valence-electron chi connectivity index (χ2n) is 6.91. The third-order valence-electron chi connectivity index (χ3n) is 4.44. The molecule has 0 aromatic heterocycles. The Morgan fingerprint density at radius 3 is 2.61 bits per heavy atom. The fourth-order valence-corrected chi connectivity index (χ4v) is 2.70. The number of aliphatic hydroxyl groups is 1. The molecule has 126 valence electrons. The molecule has 1 saturated heterocycles. The van der Waals surface area contributed by atoms with Gasteiger partial charge in [-0.3, -0.25) is 0 Å². The predicted octanol–water partition coefficient (Wildman–Crippen LogP) is 2.07. The molecule has 0 spiro atoms. The number of hydrogen-bond acceptors (Lipinski definition) is 3. The number of amides is 2. The highest BCUT2D eigenvalue weighted by atomic mass is 19.1. The van der Waals surface area contributed by atoms with Gasteiger partial charge in [-0.25, -0.2) is 9.18 Å². The summed E-state index contributed by atoms with van der Waals surface area (Å²) in [4.78, 5) is 14.1. The van der Waals surface area contributed by atoms with Crippen molar-refractivity contribution < 1.29 is 19.0 Å². The number of carbonyl (C=O) groups excluding carboxylic acids is 1. The van der Waals surface area contributed by atoms with Gasteiger partial charge in [0.05, 0.1) is 25.9 Å². The van der Waals surface area contributed by atoms with Gasteiger partial charge >= 0.3 is 6.03 Å². The molecule has 2 aliphatic rings. The summed E-state index contributed by atoms with van der Waals surface area (Å²) in [7, 11) is 0. The van der Waals surface area contributed by atoms with E-state index >= 15 is 0 Å². The van der Waals surface area contributed by atoms with Gasteiger partial charge in [0.1, 0.15) is 5.82 Å². The minimum atomic E-state index is -0.815. The van der Waals surface area contributed by atoms with E-state index in [9.17, 15) is 14.3 Å². The van der Waals surface area contributed by atoms with Crippen LogP contribution in [0.25, 0.3) is 0 Å². The lowest BCUT2D eigenvalue weighted by Crippen LogP contribution is -2.52. The third-order valence-corrected chi connectivity index (χ3v) is 4.44. The number of nitrogens with zero attached hydrogens (tertiary/aromatic N) is 1. The van der Waals surface area contributed by atoms with Gasteiger partial charge in [-0.15, -0.1) is 0 Å². The van der Waals surface area contributed by atoms with Crippen molar-refractivity contribution >= 4 is 6.03 Å². The minimum Gasteiger partial charge on any atom is -0.387 e. The second kappa shape index (κ2) is 6.45. The molecule has 1 aliphatic heterocycles. The van der Waals surface area contributed by atoms with E-state index in [-0.39, 0.29) is 29.8 Å². The van der Waals surface area contributed by atoms with Crippen LogP contribution in [0.5, 0.6) is 0 Å². The van der Waals surface area contributed by atoms with Crippen LogP contribution in [0.15, 0.2) is 24.3 Å². The van der Waals surface area contributed by atoms with Crippen LogP contribution in [0, 0.1) is 11.2 Å². The SMILES string of the molecule is CC1(CNC(=O)N(CC(O)c2ccc(F)cc2)C2CC2)COC1. The van der Waals surface area contributed by atoms with Crippen LogP contribution in [0.4, 0.5) is 9.18 Å². The molecular weight excluding hydrogens is 299 g/mol. The highest BCUT2D eigenvalue weighted by Crippen LogP contribution is 2.30. The Hall–Kier alpha value is -1.66. The van der Waals surface area contributed by atoms with Crippen LogP contribution in [0.2, 0.25) is 0 Å². The molecule has 6 heteroatoms. The molecule has 3 rings (SSSR count). The molecular formula is C17H23FN2O3. The Morgan fingerprint density at radius 2 is 2.09 bits per heavy atom. The van der Waals surface area contributed by atoms with Crippen LogP contribution >= 0.6 is 0 Å². The van der Waals surface area contributed by atoms with E-state index in [0.29, 0.717) is 25.3 Å². The van der Waals surface area contributed by atoms with Crippen LogP contribution in [0.3, 0.4) is 0 Å². The number of halogens is 1. The van der Waals surface area contributed by atoms with Crippen molar-refractivity contribution in [3.8, 4) is 0 Å². The normalized spacial score (nSPS) is 20.5. The molecule has 5 nitrogen and oxygen atoms in total. The Kier molecular flexibility index (Phi) is 4.55. The lowest BCUT2D eigenvalue weighted by Gasteiger charge is -2.38. The van der Waals surface area contributed by atoms with Crippen molar-refractivity contribution in [1.29, 1.82) is 0 Å². The van der Waals surface area contributed by atoms with Crippen molar-refractivity contribution in [3.63, 3.8) is 0 Å². The summed E-state index contributed by atoms with van der Waals surface area (Å²) < 4.78 is 18.2. The number of benzene rings is 1. The van der Waals surface area contributed by atoms with Crippen molar-refractivity contribution in [2.75, 3.05) is 26.3 Å². The molecule has 2 fully saturated rings. The van der Waals surface area contributed by atoms with E-state index in [1.54, 1.807) is 17.0 Å². The third kappa shape index (κ3) is 4.00. The topological polar surface area (TPSA) is 61.8 Å². The average molecular weight is 322 g/mol. The molecule has 0 bridgehead atoms. The molecule has 2 amide bonds. The monoisotopic (exact) mass is 322 g/mol. The Bertz CT molecular complexity index is 555. The van der Waals surface area contributed by atoms with Gasteiger partial charge in [-0.2, -0.15) is 0 Å². The zero-order chi connectivity index (χ0) is 16.4. The van der Waals surface area contributed by atoms with Crippen LogP contribution < -0.4 is 5.32 Å². The smallest absolute Gasteiger partial charge is 0.317 e. The van der Waals surface area contributed by atoms with E-state index in [4.69, 9.17) is 4.74 Å². The average Bonchev–Trinajstić information content (AvgIpc) is 3.33. The summed E-state index contributed by atoms with van der Waals surface area (Å²) in [6, 6.07) is 5.78. The largest absolute Gasteiger partial charge is 0.387 e. The first-order chi connectivity index (χ1) is 11.0. The maximum atomic E-state index is 13.0. The highest BCUT2D eigenvalue weighted by molar-refractivity contribution is 5.75. The standard InChI is InChI=1S/C17H23FN2O3/c1-17(10-23-11-17)9-19-16(22)20(14-6-7-14)8-15(21)12-2-4-13(18)5-3-12/h2-5,14-15,21H,6-11H2,1H3,(H,19,22). The van der Waals surface area contributed by atoms with Gasteiger partial charge in [0.2, 0.25) is 0 Å². The summed E-state index contributed by atoms with van der Waals surface area (Å²) >= 11 is 0. The van der Waals surface area contributed by atoms with Crippen LogP contribution in [-0.4, -0.2) is 48.4 Å². The Balaban J connectivity index is 1.57. The number of nitrogens with one attached hydrogen (secondary N) is 1. The summed E-state index contributed by atoms with van der Waals surface area (Å²) in [6.07, 6.45) is 1.11. The summed E-state index contributed by atoms with van der Waals surface area (Å²) in [5.41, 5.74) is 0.629. The van der Waals surface area contributed by atoms with Crippen molar-refractivity contribution in [3.05, 3.63) is 35.6 Å². The van der Waals surface area contributed by atoms with Crippen molar-refractivity contribution in [2.45, 2.75) is 31.9 Å². The van der Waals surface area contributed by atoms with Gasteiger partial charge < -0.3 is 20.1 Å². The van der Waals surface area contributed by atoms with E-state index in [2.05, 4.69) is 12.2 Å². The maximum Gasteiger partial charge on any atom is 0.317 e. The number of hydrogen-bond donors (Lipinski definition) is 2. The molecule has 23 heavy (non-hydrogen) atoms. The summed E-state index contributed by atoms with van der Waals surface area (Å²) in [5.74, 6) is -0.339. The number of aliphatic hydroxyl groups excluding tert-OH is 1. The van der Waals surface area contributed by atoms with E-state index in [1.165, 1.54) is 12.1 Å².